The second-order valence-corrected chi connectivity index (χ2v) is 7.74. The molecule has 0 bridgehead atoms. The molecule has 0 aliphatic carbocycles. The molecule has 0 saturated heterocycles. The Kier molecular flexibility index (Phi) is 7.32. The number of methoxy groups -OCH3 is 1. The zero-order valence-electron chi connectivity index (χ0n) is 19.0. The highest BCUT2D eigenvalue weighted by atomic mass is 16.6. The average molecular weight is 469 g/mol. The molecule has 4 aromatic carbocycles. The molecule has 0 saturated carbocycles. The number of hydrazone groups is 1. The minimum absolute atomic E-state index is 0.101. The number of amides is 1. The third kappa shape index (κ3) is 6.00. The topological polar surface area (TPSA) is 103 Å². The maximum atomic E-state index is 12.2. The number of carbonyl (C=O) groups excluding carboxylic acids is 1. The number of nitrogens with zero attached hydrogens (tertiary/aromatic N) is 2. The van der Waals surface area contributed by atoms with Gasteiger partial charge in [-0.25, -0.2) is 5.43 Å². The number of ether oxygens (including phenoxy) is 2. The summed E-state index contributed by atoms with van der Waals surface area (Å²) in [7, 11) is 1.55. The van der Waals surface area contributed by atoms with Crippen molar-refractivity contribution >= 4 is 28.6 Å². The third-order valence-electron chi connectivity index (χ3n) is 5.34. The van der Waals surface area contributed by atoms with Crippen molar-refractivity contribution in [2.75, 3.05) is 7.11 Å². The lowest BCUT2D eigenvalue weighted by Gasteiger charge is -2.12. The smallest absolute Gasteiger partial charge is 0.273 e. The second-order valence-electron chi connectivity index (χ2n) is 7.74. The zero-order chi connectivity index (χ0) is 24.6. The highest BCUT2D eigenvalue weighted by Gasteiger charge is 2.15. The first-order valence-electron chi connectivity index (χ1n) is 10.9. The summed E-state index contributed by atoms with van der Waals surface area (Å²) in [5.74, 6) is 0.650. The van der Waals surface area contributed by atoms with Gasteiger partial charge >= 0.3 is 0 Å². The van der Waals surface area contributed by atoms with Gasteiger partial charge in [-0.3, -0.25) is 14.9 Å². The van der Waals surface area contributed by atoms with Crippen LogP contribution >= 0.6 is 0 Å². The van der Waals surface area contributed by atoms with Crippen LogP contribution in [-0.4, -0.2) is 24.2 Å². The van der Waals surface area contributed by atoms with Crippen molar-refractivity contribution in [2.24, 2.45) is 5.10 Å². The average Bonchev–Trinajstić information content (AvgIpc) is 2.87. The Morgan fingerprint density at radius 2 is 1.74 bits per heavy atom. The number of fused-ring (bicyclic) bond motifs is 1. The summed E-state index contributed by atoms with van der Waals surface area (Å²) >= 11 is 0. The van der Waals surface area contributed by atoms with E-state index in [0.29, 0.717) is 29.2 Å². The molecule has 8 heteroatoms. The van der Waals surface area contributed by atoms with Gasteiger partial charge < -0.3 is 9.47 Å². The molecule has 4 rings (SSSR count). The van der Waals surface area contributed by atoms with Crippen LogP contribution in [0.25, 0.3) is 10.8 Å². The fourth-order valence-corrected chi connectivity index (χ4v) is 3.60. The number of rotatable bonds is 9. The normalized spacial score (nSPS) is 10.9. The van der Waals surface area contributed by atoms with Crippen molar-refractivity contribution in [3.8, 4) is 11.5 Å². The van der Waals surface area contributed by atoms with Crippen LogP contribution < -0.4 is 14.9 Å². The molecule has 35 heavy (non-hydrogen) atoms. The van der Waals surface area contributed by atoms with Crippen LogP contribution in [0.15, 0.2) is 90.0 Å². The van der Waals surface area contributed by atoms with Gasteiger partial charge in [0.1, 0.15) is 6.61 Å². The molecule has 0 aromatic heterocycles. The summed E-state index contributed by atoms with van der Waals surface area (Å²) in [6, 6.07) is 25.7. The molecular formula is C27H23N3O5. The summed E-state index contributed by atoms with van der Waals surface area (Å²) in [5.41, 5.74) is 4.34. The van der Waals surface area contributed by atoms with E-state index in [1.54, 1.807) is 43.5 Å². The molecule has 0 fully saturated rings. The summed E-state index contributed by atoms with van der Waals surface area (Å²) in [5, 5.41) is 17.4. The number of benzene rings is 4. The lowest BCUT2D eigenvalue weighted by atomic mass is 10.1. The fraction of sp³-hybridized carbons (Fsp3) is 0.111. The Bertz CT molecular complexity index is 1400. The molecule has 0 radical (unpaired) electrons. The first-order chi connectivity index (χ1) is 17.0. The third-order valence-corrected chi connectivity index (χ3v) is 5.34. The largest absolute Gasteiger partial charge is 0.493 e. The van der Waals surface area contributed by atoms with E-state index in [-0.39, 0.29) is 12.1 Å². The van der Waals surface area contributed by atoms with E-state index < -0.39 is 10.8 Å². The van der Waals surface area contributed by atoms with Crippen molar-refractivity contribution in [2.45, 2.75) is 13.0 Å². The van der Waals surface area contributed by atoms with Gasteiger partial charge in [-0.15, -0.1) is 0 Å². The predicted octanol–water partition coefficient (Wildman–Crippen LogP) is 5.03. The molecule has 0 spiro atoms. The Hall–Kier alpha value is -4.72. The van der Waals surface area contributed by atoms with Gasteiger partial charge in [0.05, 0.1) is 24.7 Å². The minimum atomic E-state index is -0.512. The summed E-state index contributed by atoms with van der Waals surface area (Å²) in [6.07, 6.45) is 1.31. The van der Waals surface area contributed by atoms with Gasteiger partial charge in [0.2, 0.25) is 5.91 Å². The second kappa shape index (κ2) is 10.9. The van der Waals surface area contributed by atoms with Gasteiger partial charge in [0, 0.05) is 11.6 Å². The van der Waals surface area contributed by atoms with E-state index in [1.165, 1.54) is 17.7 Å². The number of nitro groups is 1. The zero-order valence-corrected chi connectivity index (χ0v) is 19.0. The Morgan fingerprint density at radius 3 is 2.54 bits per heavy atom. The van der Waals surface area contributed by atoms with Crippen LogP contribution in [0.2, 0.25) is 0 Å². The molecule has 4 aromatic rings. The van der Waals surface area contributed by atoms with Gasteiger partial charge in [-0.2, -0.15) is 5.10 Å². The standard InChI is InChI=1S/C27H23N3O5/c1-34-26-15-19(17-28-29-27(31)16-23-8-4-5-9-24(23)30(32)33)11-13-25(26)35-18-20-10-12-21-6-2-3-7-22(21)14-20/h2-15,17H,16,18H2,1H3,(H,29,31). The van der Waals surface area contributed by atoms with E-state index in [9.17, 15) is 14.9 Å². The van der Waals surface area contributed by atoms with Crippen molar-refractivity contribution in [3.63, 3.8) is 0 Å². The van der Waals surface area contributed by atoms with E-state index in [4.69, 9.17) is 9.47 Å². The van der Waals surface area contributed by atoms with Crippen LogP contribution in [0.4, 0.5) is 5.69 Å². The van der Waals surface area contributed by atoms with Crippen LogP contribution in [0.5, 0.6) is 11.5 Å². The number of nitro benzene ring substituents is 1. The minimum Gasteiger partial charge on any atom is -0.493 e. The monoisotopic (exact) mass is 469 g/mol. The molecule has 8 nitrogen and oxygen atoms in total. The van der Waals surface area contributed by atoms with Crippen LogP contribution in [-0.2, 0) is 17.8 Å². The van der Waals surface area contributed by atoms with Crippen LogP contribution in [0.1, 0.15) is 16.7 Å². The number of hydrogen-bond donors (Lipinski definition) is 1. The Labute approximate surface area is 202 Å². The number of hydrogen-bond acceptors (Lipinski definition) is 6. The van der Waals surface area contributed by atoms with Gasteiger partial charge in [0.15, 0.2) is 11.5 Å². The molecule has 1 amide bonds. The Balaban J connectivity index is 1.37. The molecule has 1 N–H and O–H groups in total. The van der Waals surface area contributed by atoms with E-state index in [1.807, 2.05) is 18.2 Å². The van der Waals surface area contributed by atoms with Crippen molar-refractivity contribution in [1.29, 1.82) is 0 Å². The molecule has 0 aliphatic heterocycles. The molecule has 0 unspecified atom stereocenters. The highest BCUT2D eigenvalue weighted by Crippen LogP contribution is 2.29. The van der Waals surface area contributed by atoms with E-state index in [0.717, 1.165) is 10.9 Å². The first kappa shape index (κ1) is 23.4. The van der Waals surface area contributed by atoms with Gasteiger partial charge in [-0.1, -0.05) is 54.6 Å². The highest BCUT2D eigenvalue weighted by molar-refractivity contribution is 5.84. The summed E-state index contributed by atoms with van der Waals surface area (Å²) in [4.78, 5) is 22.7. The van der Waals surface area contributed by atoms with Crippen molar-refractivity contribution in [1.82, 2.24) is 5.43 Å². The lowest BCUT2D eigenvalue weighted by Crippen LogP contribution is -2.20. The summed E-state index contributed by atoms with van der Waals surface area (Å²) in [6.45, 7) is 0.385. The quantitative estimate of drug-likeness (QED) is 0.210. The maximum Gasteiger partial charge on any atom is 0.273 e. The molecule has 0 atom stereocenters. The number of para-hydroxylation sites is 1. The first-order valence-corrected chi connectivity index (χ1v) is 10.9. The van der Waals surface area contributed by atoms with Crippen molar-refractivity contribution in [3.05, 3.63) is 112 Å². The van der Waals surface area contributed by atoms with Crippen LogP contribution in [0.3, 0.4) is 0 Å². The fourth-order valence-electron chi connectivity index (χ4n) is 3.60. The summed E-state index contributed by atoms with van der Waals surface area (Å²) < 4.78 is 11.4. The lowest BCUT2D eigenvalue weighted by molar-refractivity contribution is -0.385. The Morgan fingerprint density at radius 1 is 0.971 bits per heavy atom. The number of carbonyl (C=O) groups is 1. The molecule has 0 aliphatic rings. The van der Waals surface area contributed by atoms with Gasteiger partial charge in [0.25, 0.3) is 5.69 Å². The number of nitrogens with one attached hydrogen (secondary N) is 1. The maximum absolute atomic E-state index is 12.2. The van der Waals surface area contributed by atoms with Gasteiger partial charge in [-0.05, 0) is 46.2 Å². The van der Waals surface area contributed by atoms with E-state index >= 15 is 0 Å². The van der Waals surface area contributed by atoms with Crippen LogP contribution in [0, 0.1) is 10.1 Å². The van der Waals surface area contributed by atoms with Crippen molar-refractivity contribution < 1.29 is 19.2 Å². The SMILES string of the molecule is COc1cc(C=NNC(=O)Cc2ccccc2[N+](=O)[O-])ccc1OCc1ccc2ccccc2c1. The predicted molar refractivity (Wildman–Crippen MR) is 134 cm³/mol. The molecular weight excluding hydrogens is 446 g/mol. The molecule has 0 heterocycles. The molecule has 176 valence electrons. The van der Waals surface area contributed by atoms with E-state index in [2.05, 4.69) is 34.8 Å².